The fourth-order valence-corrected chi connectivity index (χ4v) is 3.11. The first-order valence-corrected chi connectivity index (χ1v) is 10.3. The molecule has 1 heterocycles. The summed E-state index contributed by atoms with van der Waals surface area (Å²) in [5.41, 5.74) is 0. The van der Waals surface area contributed by atoms with E-state index < -0.39 is 25.2 Å². The normalized spacial score (nSPS) is 16.3. The van der Waals surface area contributed by atoms with Crippen LogP contribution in [0.1, 0.15) is 32.1 Å². The number of nitrogens with zero attached hydrogens (tertiary/aromatic N) is 1. The number of unbranched alkanes of at least 4 members (excludes halogenated alkanes) is 1. The van der Waals surface area contributed by atoms with Gasteiger partial charge in [0.05, 0.1) is 0 Å². The summed E-state index contributed by atoms with van der Waals surface area (Å²) in [5.74, 6) is -1.42. The fourth-order valence-electron chi connectivity index (χ4n) is 1.62. The maximum absolute atomic E-state index is 11.4. The van der Waals surface area contributed by atoms with Crippen molar-refractivity contribution in [3.8, 4) is 0 Å². The summed E-state index contributed by atoms with van der Waals surface area (Å²) in [6.07, 6.45) is 1.98. The molecular formula is C11H18ClNO4Si. The van der Waals surface area contributed by atoms with E-state index in [0.717, 1.165) is 12.5 Å². The standard InChI is InChI=1S/C11H18ClNO4Si/c1-18(2,12)8-4-3-5-11(16)17-13-9(14)6-7-10(13)15/h3-8H2,1-2H3. The lowest BCUT2D eigenvalue weighted by Gasteiger charge is -2.13. The van der Waals surface area contributed by atoms with Gasteiger partial charge < -0.3 is 4.84 Å². The average Bonchev–Trinajstić information content (AvgIpc) is 2.55. The number of carbonyl (C=O) groups is 3. The number of halogens is 1. The quantitative estimate of drug-likeness (QED) is 0.326. The van der Waals surface area contributed by atoms with Crippen LogP contribution in [0.3, 0.4) is 0 Å². The number of amides is 2. The zero-order chi connectivity index (χ0) is 13.8. The van der Waals surface area contributed by atoms with Crippen LogP contribution in [0.4, 0.5) is 0 Å². The highest BCUT2D eigenvalue weighted by Gasteiger charge is 2.32. The van der Waals surface area contributed by atoms with Gasteiger partial charge in [0.2, 0.25) is 0 Å². The van der Waals surface area contributed by atoms with Crippen LogP contribution in [0.25, 0.3) is 0 Å². The van der Waals surface area contributed by atoms with Gasteiger partial charge in [-0.15, -0.1) is 5.06 Å². The predicted octanol–water partition coefficient (Wildman–Crippen LogP) is 2.21. The number of hydrogen-bond donors (Lipinski definition) is 0. The Morgan fingerprint density at radius 1 is 1.28 bits per heavy atom. The van der Waals surface area contributed by atoms with Gasteiger partial charge in [0.1, 0.15) is 7.38 Å². The van der Waals surface area contributed by atoms with Crippen molar-refractivity contribution in [2.45, 2.75) is 51.2 Å². The van der Waals surface area contributed by atoms with Crippen molar-refractivity contribution in [2.24, 2.45) is 0 Å². The van der Waals surface area contributed by atoms with E-state index in [9.17, 15) is 14.4 Å². The van der Waals surface area contributed by atoms with Gasteiger partial charge in [-0.1, -0.05) is 19.5 Å². The second-order valence-electron chi connectivity index (χ2n) is 4.97. The molecule has 1 fully saturated rings. The van der Waals surface area contributed by atoms with Gasteiger partial charge in [-0.2, -0.15) is 11.1 Å². The molecule has 0 bridgehead atoms. The molecule has 0 aromatic rings. The Morgan fingerprint density at radius 2 is 1.83 bits per heavy atom. The van der Waals surface area contributed by atoms with Crippen molar-refractivity contribution in [1.29, 1.82) is 0 Å². The summed E-state index contributed by atoms with van der Waals surface area (Å²) in [6.45, 7) is 4.10. The molecule has 0 atom stereocenters. The minimum absolute atomic E-state index is 0.123. The maximum atomic E-state index is 11.4. The highest BCUT2D eigenvalue weighted by atomic mass is 35.6. The first-order valence-electron chi connectivity index (χ1n) is 6.05. The lowest BCUT2D eigenvalue weighted by Crippen LogP contribution is -2.32. The second kappa shape index (κ2) is 6.33. The van der Waals surface area contributed by atoms with Crippen LogP contribution in [0, 0.1) is 0 Å². The van der Waals surface area contributed by atoms with E-state index in [-0.39, 0.29) is 19.3 Å². The largest absolute Gasteiger partial charge is 0.333 e. The van der Waals surface area contributed by atoms with Gasteiger partial charge in [-0.3, -0.25) is 9.59 Å². The minimum atomic E-state index is -1.59. The summed E-state index contributed by atoms with van der Waals surface area (Å²) >= 11 is 6.15. The monoisotopic (exact) mass is 291 g/mol. The molecule has 102 valence electrons. The van der Waals surface area contributed by atoms with Gasteiger partial charge in [0, 0.05) is 19.3 Å². The van der Waals surface area contributed by atoms with Gasteiger partial charge in [-0.25, -0.2) is 4.79 Å². The first kappa shape index (κ1) is 15.2. The molecular weight excluding hydrogens is 274 g/mol. The second-order valence-corrected chi connectivity index (χ2v) is 12.0. The van der Waals surface area contributed by atoms with Crippen LogP contribution in [0.15, 0.2) is 0 Å². The molecule has 0 aromatic heterocycles. The number of carbonyl (C=O) groups excluding carboxylic acids is 3. The molecule has 2 amide bonds. The summed E-state index contributed by atoms with van der Waals surface area (Å²) in [7, 11) is -1.59. The molecule has 0 saturated carbocycles. The Kier molecular flexibility index (Phi) is 5.34. The lowest BCUT2D eigenvalue weighted by molar-refractivity contribution is -0.197. The molecule has 0 aliphatic carbocycles. The first-order chi connectivity index (χ1) is 8.29. The van der Waals surface area contributed by atoms with Crippen molar-refractivity contribution >= 4 is 36.2 Å². The van der Waals surface area contributed by atoms with Crippen LogP contribution in [-0.2, 0) is 19.2 Å². The Hall–Kier alpha value is -0.883. The summed E-state index contributed by atoms with van der Waals surface area (Å²) in [5, 5.41) is 0.586. The molecule has 0 N–H and O–H groups in total. The molecule has 0 radical (unpaired) electrons. The summed E-state index contributed by atoms with van der Waals surface area (Å²) in [6, 6.07) is 0.934. The summed E-state index contributed by atoms with van der Waals surface area (Å²) in [4.78, 5) is 38.6. The number of hydrogen-bond acceptors (Lipinski definition) is 4. The van der Waals surface area contributed by atoms with Crippen LogP contribution >= 0.6 is 11.1 Å². The third kappa shape index (κ3) is 5.18. The van der Waals surface area contributed by atoms with Gasteiger partial charge in [-0.05, 0) is 12.5 Å². The van der Waals surface area contributed by atoms with E-state index in [2.05, 4.69) is 13.1 Å². The van der Waals surface area contributed by atoms with Crippen LogP contribution in [0.5, 0.6) is 0 Å². The highest BCUT2D eigenvalue weighted by Crippen LogP contribution is 2.19. The van der Waals surface area contributed by atoms with E-state index in [4.69, 9.17) is 15.9 Å². The van der Waals surface area contributed by atoms with Gasteiger partial charge >= 0.3 is 5.97 Å². The molecule has 0 spiro atoms. The van der Waals surface area contributed by atoms with Crippen molar-refractivity contribution in [3.63, 3.8) is 0 Å². The Bertz CT molecular complexity index is 337. The molecule has 0 unspecified atom stereocenters. The Labute approximate surface area is 112 Å². The fraction of sp³-hybridized carbons (Fsp3) is 0.727. The van der Waals surface area contributed by atoms with Crippen molar-refractivity contribution in [1.82, 2.24) is 5.06 Å². The Balaban J connectivity index is 2.22. The van der Waals surface area contributed by atoms with Crippen molar-refractivity contribution < 1.29 is 19.2 Å². The maximum Gasteiger partial charge on any atom is 0.333 e. The molecule has 0 aromatic carbocycles. The van der Waals surface area contributed by atoms with Crippen LogP contribution in [0.2, 0.25) is 19.1 Å². The van der Waals surface area contributed by atoms with Crippen molar-refractivity contribution in [3.05, 3.63) is 0 Å². The molecule has 1 rings (SSSR count). The van der Waals surface area contributed by atoms with E-state index in [1.54, 1.807) is 0 Å². The third-order valence-electron chi connectivity index (χ3n) is 2.60. The average molecular weight is 292 g/mol. The molecule has 18 heavy (non-hydrogen) atoms. The van der Waals surface area contributed by atoms with Crippen LogP contribution in [-0.4, -0.2) is 30.2 Å². The zero-order valence-corrected chi connectivity index (χ0v) is 12.5. The van der Waals surface area contributed by atoms with E-state index in [0.29, 0.717) is 11.5 Å². The van der Waals surface area contributed by atoms with Crippen molar-refractivity contribution in [2.75, 3.05) is 0 Å². The lowest BCUT2D eigenvalue weighted by atomic mass is 10.2. The topological polar surface area (TPSA) is 63.7 Å². The molecule has 1 saturated heterocycles. The minimum Gasteiger partial charge on any atom is -0.330 e. The number of hydroxylamine groups is 2. The van der Waals surface area contributed by atoms with E-state index >= 15 is 0 Å². The number of imide groups is 1. The molecule has 1 aliphatic rings. The van der Waals surface area contributed by atoms with Crippen LogP contribution < -0.4 is 0 Å². The van der Waals surface area contributed by atoms with Gasteiger partial charge in [0.15, 0.2) is 0 Å². The number of rotatable bonds is 6. The van der Waals surface area contributed by atoms with E-state index in [1.807, 2.05) is 0 Å². The molecule has 7 heteroatoms. The molecule has 5 nitrogen and oxygen atoms in total. The third-order valence-corrected chi connectivity index (χ3v) is 4.71. The summed E-state index contributed by atoms with van der Waals surface area (Å²) < 4.78 is 0. The van der Waals surface area contributed by atoms with E-state index in [1.165, 1.54) is 0 Å². The Morgan fingerprint density at radius 3 is 2.33 bits per heavy atom. The highest BCUT2D eigenvalue weighted by molar-refractivity contribution is 7.19. The smallest absolute Gasteiger partial charge is 0.330 e. The van der Waals surface area contributed by atoms with Gasteiger partial charge in [0.25, 0.3) is 11.8 Å². The SMILES string of the molecule is C[Si](C)(Cl)CCCCC(=O)ON1C(=O)CCC1=O. The predicted molar refractivity (Wildman–Crippen MR) is 69.2 cm³/mol. The zero-order valence-electron chi connectivity index (χ0n) is 10.7. The molecule has 1 aliphatic heterocycles.